The average molecular weight is 838 g/mol. The van der Waals surface area contributed by atoms with Crippen LogP contribution in [-0.4, -0.2) is 57.7 Å². The first-order chi connectivity index (χ1) is 28.3. The summed E-state index contributed by atoms with van der Waals surface area (Å²) in [6, 6.07) is 3.27. The molecule has 0 aromatic carbocycles. The number of hydrogen-bond donors (Lipinski definition) is 4. The number of pyridine rings is 1. The molecule has 4 aromatic rings. The van der Waals surface area contributed by atoms with Crippen molar-refractivity contribution in [2.24, 2.45) is 22.6 Å². The maximum Gasteiger partial charge on any atom is 0.260 e. The van der Waals surface area contributed by atoms with Crippen LogP contribution in [0.5, 0.6) is 0 Å². The third-order valence-electron chi connectivity index (χ3n) is 10.5. The van der Waals surface area contributed by atoms with E-state index in [1.54, 1.807) is 6.20 Å². The lowest BCUT2D eigenvalue weighted by molar-refractivity contribution is -0.118. The van der Waals surface area contributed by atoms with Crippen LogP contribution in [-0.2, 0) is 4.79 Å². The van der Waals surface area contributed by atoms with E-state index in [0.29, 0.717) is 59.4 Å². The molecule has 6 N–H and O–H groups in total. The number of aromatic nitrogens is 5. The lowest BCUT2D eigenvalue weighted by Crippen LogP contribution is -2.41. The van der Waals surface area contributed by atoms with Crippen LogP contribution in [0.15, 0.2) is 82.8 Å². The monoisotopic (exact) mass is 838 g/mol. The average Bonchev–Trinajstić information content (AvgIpc) is 3.73. The summed E-state index contributed by atoms with van der Waals surface area (Å²) in [5, 5.41) is 4.62. The summed E-state index contributed by atoms with van der Waals surface area (Å²) in [4.78, 5) is 43.6. The highest BCUT2D eigenvalue weighted by Gasteiger charge is 2.24. The molecule has 13 nitrogen and oxygen atoms in total. The van der Waals surface area contributed by atoms with Gasteiger partial charge in [0.2, 0.25) is 0 Å². The summed E-state index contributed by atoms with van der Waals surface area (Å²) in [5.41, 5.74) is 18.7. The maximum atomic E-state index is 12.1. The Balaban J connectivity index is 0.000000218. The molecular formula is C48H75N11O2. The number of anilines is 1. The molecule has 4 aromatic heterocycles. The standard InChI is InChI=1S/C13H19N3O.C13H19N3.C11H19N3.C11H18N2O/c1-7(2)10-6-16(8(3)4)12-11(10)13(17)15-9(5)14-12;1-8(2)10-7-16(9(3)4)13-12(10)11(14)5-6-15-13;1-7(2)10-6-14(8(3)4)9(5)13-11(10)12;1-7(2)10-6-13(8(3)4)9(5)12-11(10)14/h6-8H,1-5H3,(H,14,15,17);5-9H,1-4H3,(H2,14,15);6-8H,5H2,1-4H3,(H2,12,13);6-8H,5H2,1-4H3,(H,12,14). The number of aryl methyl sites for hydroxylation is 1. The number of H-pyrrole nitrogens is 1. The molecule has 13 heteroatoms. The predicted molar refractivity (Wildman–Crippen MR) is 256 cm³/mol. The van der Waals surface area contributed by atoms with Gasteiger partial charge in [0, 0.05) is 77.4 Å². The lowest BCUT2D eigenvalue weighted by Gasteiger charge is -2.32. The van der Waals surface area contributed by atoms with Crippen molar-refractivity contribution in [3.63, 3.8) is 0 Å². The molecule has 0 unspecified atom stereocenters. The maximum absolute atomic E-state index is 12.1. The van der Waals surface area contributed by atoms with Gasteiger partial charge in [-0.2, -0.15) is 0 Å². The normalized spacial score (nSPS) is 14.5. The van der Waals surface area contributed by atoms with Gasteiger partial charge in [-0.1, -0.05) is 68.5 Å². The summed E-state index contributed by atoms with van der Waals surface area (Å²) in [7, 11) is 0. The second kappa shape index (κ2) is 20.8. The van der Waals surface area contributed by atoms with Gasteiger partial charge in [-0.15, -0.1) is 0 Å². The molecule has 6 heterocycles. The number of rotatable bonds is 8. The first kappa shape index (κ1) is 49.8. The van der Waals surface area contributed by atoms with Gasteiger partial charge in [0.05, 0.1) is 5.39 Å². The molecule has 0 radical (unpaired) electrons. The SMILES string of the molecule is C=C1N=C(N)C(C(C)C)=CN1C(C)C.C=C1NC(=O)C(C(C)C)=CN1C(C)C.CC(C)c1cn(C(C)C)c2nccc(N)c12.Cc1nc2c(c(C(C)C)cn2C(C)C)c(=O)[nH]1. The van der Waals surface area contributed by atoms with Crippen molar-refractivity contribution in [1.82, 2.24) is 39.2 Å². The van der Waals surface area contributed by atoms with Crippen LogP contribution in [0.2, 0.25) is 0 Å². The number of amides is 1. The van der Waals surface area contributed by atoms with Gasteiger partial charge in [-0.3, -0.25) is 9.59 Å². The zero-order valence-electron chi connectivity index (χ0n) is 40.1. The Hall–Kier alpha value is -5.59. The Kier molecular flexibility index (Phi) is 17.0. The first-order valence-corrected chi connectivity index (χ1v) is 21.7. The van der Waals surface area contributed by atoms with Crippen molar-refractivity contribution >= 4 is 39.5 Å². The lowest BCUT2D eigenvalue weighted by atomic mass is 10.0. The Morgan fingerprint density at radius 2 is 1.13 bits per heavy atom. The Labute approximate surface area is 364 Å². The van der Waals surface area contributed by atoms with Crippen molar-refractivity contribution < 1.29 is 4.79 Å². The Morgan fingerprint density at radius 1 is 0.639 bits per heavy atom. The van der Waals surface area contributed by atoms with Gasteiger partial charge >= 0.3 is 0 Å². The summed E-state index contributed by atoms with van der Waals surface area (Å²) >= 11 is 0. The van der Waals surface area contributed by atoms with Gasteiger partial charge < -0.3 is 40.7 Å². The summed E-state index contributed by atoms with van der Waals surface area (Å²) in [6.07, 6.45) is 9.97. The van der Waals surface area contributed by atoms with E-state index in [1.165, 1.54) is 5.56 Å². The van der Waals surface area contributed by atoms with E-state index in [2.05, 4.69) is 163 Å². The predicted octanol–water partition coefficient (Wildman–Crippen LogP) is 9.98. The van der Waals surface area contributed by atoms with E-state index in [4.69, 9.17) is 11.5 Å². The molecule has 334 valence electrons. The molecule has 0 saturated heterocycles. The van der Waals surface area contributed by atoms with E-state index >= 15 is 0 Å². The van der Waals surface area contributed by atoms with Crippen LogP contribution in [0.4, 0.5) is 5.69 Å². The molecule has 0 bridgehead atoms. The van der Waals surface area contributed by atoms with Crippen LogP contribution in [0.3, 0.4) is 0 Å². The van der Waals surface area contributed by atoms with Crippen LogP contribution in [0.1, 0.15) is 152 Å². The molecule has 0 spiro atoms. The van der Waals surface area contributed by atoms with E-state index in [1.807, 2.05) is 42.8 Å². The topological polar surface area (TPSA) is 168 Å². The summed E-state index contributed by atoms with van der Waals surface area (Å²) in [6.45, 7) is 43.2. The minimum Gasteiger partial charge on any atom is -0.398 e. The highest BCUT2D eigenvalue weighted by Crippen LogP contribution is 2.32. The van der Waals surface area contributed by atoms with E-state index in [9.17, 15) is 9.59 Å². The fourth-order valence-electron chi connectivity index (χ4n) is 7.06. The number of carbonyl (C=O) groups excluding carboxylic acids is 1. The first-order valence-electron chi connectivity index (χ1n) is 21.7. The highest BCUT2D eigenvalue weighted by molar-refractivity contribution is 5.98. The molecule has 0 aliphatic carbocycles. The van der Waals surface area contributed by atoms with Crippen LogP contribution in [0, 0.1) is 18.8 Å². The van der Waals surface area contributed by atoms with E-state index < -0.39 is 0 Å². The summed E-state index contributed by atoms with van der Waals surface area (Å²) in [5.74, 6) is 4.05. The molecule has 2 aliphatic rings. The number of aliphatic imine (C=N–C) groups is 1. The van der Waals surface area contributed by atoms with Gasteiger partial charge in [-0.25, -0.2) is 15.0 Å². The van der Waals surface area contributed by atoms with Crippen LogP contribution < -0.4 is 22.3 Å². The Bertz CT molecular complexity index is 2330. The fraction of sp³-hybridized carbons (Fsp3) is 0.521. The number of fused-ring (bicyclic) bond motifs is 2. The van der Waals surface area contributed by atoms with Gasteiger partial charge in [-0.05, 0) is 103 Å². The number of aromatic amines is 1. The molecule has 0 fully saturated rings. The van der Waals surface area contributed by atoms with Crippen LogP contribution in [0.25, 0.3) is 22.1 Å². The van der Waals surface area contributed by atoms with Crippen LogP contribution >= 0.6 is 0 Å². The zero-order chi connectivity index (χ0) is 46.4. The van der Waals surface area contributed by atoms with Gasteiger partial charge in [0.1, 0.15) is 34.6 Å². The van der Waals surface area contributed by atoms with Crippen molar-refractivity contribution in [3.05, 3.63) is 100 Å². The minimum atomic E-state index is -0.0319. The zero-order valence-corrected chi connectivity index (χ0v) is 40.1. The smallest absolute Gasteiger partial charge is 0.260 e. The van der Waals surface area contributed by atoms with Gasteiger partial charge in [0.25, 0.3) is 11.5 Å². The molecule has 1 amide bonds. The third kappa shape index (κ3) is 11.8. The second-order valence-corrected chi connectivity index (χ2v) is 18.2. The molecular weight excluding hydrogens is 763 g/mol. The number of nitrogens with zero attached hydrogens (tertiary/aromatic N) is 7. The Morgan fingerprint density at radius 3 is 1.61 bits per heavy atom. The molecule has 0 atom stereocenters. The highest BCUT2D eigenvalue weighted by atomic mass is 16.2. The molecule has 61 heavy (non-hydrogen) atoms. The number of nitrogen functional groups attached to an aromatic ring is 1. The van der Waals surface area contributed by atoms with Crippen molar-refractivity contribution in [3.8, 4) is 0 Å². The number of hydrogen-bond acceptors (Lipinski definition) is 9. The second-order valence-electron chi connectivity index (χ2n) is 18.2. The largest absolute Gasteiger partial charge is 0.398 e. The summed E-state index contributed by atoms with van der Waals surface area (Å²) < 4.78 is 4.27. The number of nitrogens with one attached hydrogen (secondary N) is 2. The molecule has 2 aliphatic heterocycles. The van der Waals surface area contributed by atoms with Crippen molar-refractivity contribution in [1.29, 1.82) is 0 Å². The van der Waals surface area contributed by atoms with E-state index in [-0.39, 0.29) is 17.4 Å². The number of carbonyl (C=O) groups is 1. The van der Waals surface area contributed by atoms with Gasteiger partial charge in [0.15, 0.2) is 0 Å². The number of amidine groups is 1. The fourth-order valence-corrected chi connectivity index (χ4v) is 7.06. The number of nitrogens with two attached hydrogens (primary N) is 2. The quantitative estimate of drug-likeness (QED) is 0.136. The molecule has 6 rings (SSSR count). The van der Waals surface area contributed by atoms with Crippen molar-refractivity contribution in [2.45, 2.75) is 154 Å². The van der Waals surface area contributed by atoms with Crippen molar-refractivity contribution in [2.75, 3.05) is 5.73 Å². The van der Waals surface area contributed by atoms with E-state index in [0.717, 1.165) is 50.3 Å². The third-order valence-corrected chi connectivity index (χ3v) is 10.5. The minimum absolute atomic E-state index is 0.0260. The molecule has 0 saturated carbocycles.